The summed E-state index contributed by atoms with van der Waals surface area (Å²) in [6, 6.07) is -1.73. The van der Waals surface area contributed by atoms with Gasteiger partial charge < -0.3 is 26.4 Å². The first-order valence-corrected chi connectivity index (χ1v) is 7.70. The molecule has 0 radical (unpaired) electrons. The van der Waals surface area contributed by atoms with Crippen LogP contribution in [0.15, 0.2) is 0 Å². The molecule has 0 saturated carbocycles. The van der Waals surface area contributed by atoms with E-state index in [0.717, 1.165) is 19.4 Å². The molecule has 22 heavy (non-hydrogen) atoms. The maximum Gasteiger partial charge on any atom is 0.243 e. The largest absolute Gasteiger partial charge is 0.391 e. The number of nitrogens with one attached hydrogen (secondary N) is 2. The second-order valence-electron chi connectivity index (χ2n) is 6.01. The van der Waals surface area contributed by atoms with Crippen LogP contribution in [0.4, 0.5) is 0 Å². The predicted molar refractivity (Wildman–Crippen MR) is 78.5 cm³/mol. The number of aliphatic hydroxyl groups is 1. The van der Waals surface area contributed by atoms with Gasteiger partial charge in [0, 0.05) is 13.1 Å². The van der Waals surface area contributed by atoms with E-state index in [4.69, 9.17) is 5.73 Å². The smallest absolute Gasteiger partial charge is 0.243 e. The van der Waals surface area contributed by atoms with E-state index >= 15 is 0 Å². The molecule has 2 aliphatic heterocycles. The summed E-state index contributed by atoms with van der Waals surface area (Å²) in [7, 11) is 0. The van der Waals surface area contributed by atoms with Crippen molar-refractivity contribution in [2.24, 2.45) is 11.7 Å². The molecule has 0 aromatic rings. The number of amides is 3. The zero-order valence-electron chi connectivity index (χ0n) is 12.7. The van der Waals surface area contributed by atoms with Crippen LogP contribution in [0.2, 0.25) is 0 Å². The van der Waals surface area contributed by atoms with Crippen molar-refractivity contribution >= 4 is 17.7 Å². The van der Waals surface area contributed by atoms with E-state index in [0.29, 0.717) is 19.5 Å². The highest BCUT2D eigenvalue weighted by Gasteiger charge is 2.39. The van der Waals surface area contributed by atoms with Gasteiger partial charge in [-0.25, -0.2) is 0 Å². The molecule has 0 bridgehead atoms. The van der Waals surface area contributed by atoms with Gasteiger partial charge in [0.1, 0.15) is 12.1 Å². The molecule has 3 amide bonds. The Bertz CT molecular complexity index is 448. The number of hydrogen-bond donors (Lipinski definition) is 4. The molecule has 8 heteroatoms. The lowest BCUT2D eigenvalue weighted by Crippen LogP contribution is -2.56. The Balaban J connectivity index is 2.01. The molecule has 2 heterocycles. The Kier molecular flexibility index (Phi) is 5.36. The van der Waals surface area contributed by atoms with Gasteiger partial charge in [-0.15, -0.1) is 0 Å². The highest BCUT2D eigenvalue weighted by Crippen LogP contribution is 2.22. The van der Waals surface area contributed by atoms with Crippen molar-refractivity contribution in [3.05, 3.63) is 0 Å². The molecule has 0 aliphatic carbocycles. The minimum Gasteiger partial charge on any atom is -0.391 e. The first-order valence-electron chi connectivity index (χ1n) is 7.70. The first-order chi connectivity index (χ1) is 10.4. The number of carbonyl (C=O) groups excluding carboxylic acids is 3. The molecule has 2 saturated heterocycles. The van der Waals surface area contributed by atoms with E-state index in [1.807, 2.05) is 0 Å². The van der Waals surface area contributed by atoms with Crippen LogP contribution in [0.3, 0.4) is 0 Å². The fraction of sp³-hybridized carbons (Fsp3) is 0.786. The van der Waals surface area contributed by atoms with Crippen LogP contribution in [0.25, 0.3) is 0 Å². The fourth-order valence-corrected chi connectivity index (χ4v) is 3.08. The quantitative estimate of drug-likeness (QED) is 0.464. The maximum atomic E-state index is 12.5. The van der Waals surface area contributed by atoms with Gasteiger partial charge in [-0.05, 0) is 32.7 Å². The maximum absolute atomic E-state index is 12.5. The predicted octanol–water partition coefficient (Wildman–Crippen LogP) is -2.06. The highest BCUT2D eigenvalue weighted by atomic mass is 16.3. The second-order valence-corrected chi connectivity index (χ2v) is 6.01. The summed E-state index contributed by atoms with van der Waals surface area (Å²) in [5.74, 6) is -1.33. The van der Waals surface area contributed by atoms with E-state index in [9.17, 15) is 19.5 Å². The minimum absolute atomic E-state index is 0.0182. The fourth-order valence-electron chi connectivity index (χ4n) is 3.08. The molecular formula is C14H24N4O4. The summed E-state index contributed by atoms with van der Waals surface area (Å²) in [5.41, 5.74) is 5.18. The molecule has 0 aromatic carbocycles. The standard InChI is InChI=1S/C14H24N4O4/c1-8(19)11(12(15)20)17-13(21)10-3-2-6-18(10)14(22)9-4-5-16-7-9/h8-11,16,19H,2-7H2,1H3,(H2,15,20)(H,17,21)/t8-,9+,10-,11+/m1/s1. The molecule has 2 fully saturated rings. The van der Waals surface area contributed by atoms with Crippen LogP contribution in [0.1, 0.15) is 26.2 Å². The van der Waals surface area contributed by atoms with Crippen molar-refractivity contribution in [2.75, 3.05) is 19.6 Å². The number of hydrogen-bond acceptors (Lipinski definition) is 5. The molecule has 8 nitrogen and oxygen atoms in total. The van der Waals surface area contributed by atoms with Gasteiger partial charge in [0.2, 0.25) is 17.7 Å². The van der Waals surface area contributed by atoms with Crippen molar-refractivity contribution in [3.63, 3.8) is 0 Å². The molecule has 5 N–H and O–H groups in total. The van der Waals surface area contributed by atoms with E-state index in [1.54, 1.807) is 4.90 Å². The Hall–Kier alpha value is -1.67. The monoisotopic (exact) mass is 312 g/mol. The Morgan fingerprint density at radius 1 is 1.36 bits per heavy atom. The highest BCUT2D eigenvalue weighted by molar-refractivity contribution is 5.92. The van der Waals surface area contributed by atoms with Gasteiger partial charge in [0.25, 0.3) is 0 Å². The van der Waals surface area contributed by atoms with Gasteiger partial charge in [0.05, 0.1) is 12.0 Å². The minimum atomic E-state index is -1.14. The van der Waals surface area contributed by atoms with Crippen LogP contribution >= 0.6 is 0 Å². The third kappa shape index (κ3) is 3.56. The molecule has 124 valence electrons. The number of rotatable bonds is 5. The third-order valence-electron chi connectivity index (χ3n) is 4.33. The van der Waals surface area contributed by atoms with E-state index in [2.05, 4.69) is 10.6 Å². The molecule has 2 aliphatic rings. The topological polar surface area (TPSA) is 125 Å². The van der Waals surface area contributed by atoms with Crippen LogP contribution in [-0.4, -0.2) is 65.5 Å². The zero-order valence-corrected chi connectivity index (χ0v) is 12.7. The first kappa shape index (κ1) is 16.7. The lowest BCUT2D eigenvalue weighted by Gasteiger charge is -2.28. The summed E-state index contributed by atoms with van der Waals surface area (Å²) in [5, 5.41) is 15.1. The average Bonchev–Trinajstić information content (AvgIpc) is 3.13. The normalized spacial score (nSPS) is 27.5. The number of aliphatic hydroxyl groups excluding tert-OH is 1. The summed E-state index contributed by atoms with van der Waals surface area (Å²) in [6.07, 6.45) is 1.01. The number of nitrogens with zero attached hydrogens (tertiary/aromatic N) is 1. The number of primary amides is 1. The molecule has 0 aromatic heterocycles. The summed E-state index contributed by atoms with van der Waals surface area (Å²) in [4.78, 5) is 37.7. The van der Waals surface area contributed by atoms with Crippen LogP contribution < -0.4 is 16.4 Å². The van der Waals surface area contributed by atoms with Gasteiger partial charge in [-0.3, -0.25) is 14.4 Å². The molecule has 2 rings (SSSR count). The molecular weight excluding hydrogens is 288 g/mol. The Morgan fingerprint density at radius 2 is 2.09 bits per heavy atom. The lowest BCUT2D eigenvalue weighted by atomic mass is 10.1. The number of carbonyl (C=O) groups is 3. The van der Waals surface area contributed by atoms with Crippen LogP contribution in [-0.2, 0) is 14.4 Å². The van der Waals surface area contributed by atoms with E-state index in [1.165, 1.54) is 6.92 Å². The summed E-state index contributed by atoms with van der Waals surface area (Å²) >= 11 is 0. The van der Waals surface area contributed by atoms with Crippen LogP contribution in [0, 0.1) is 5.92 Å². The Morgan fingerprint density at radius 3 is 2.64 bits per heavy atom. The summed E-state index contributed by atoms with van der Waals surface area (Å²) < 4.78 is 0. The molecule has 0 spiro atoms. The van der Waals surface area contributed by atoms with Gasteiger partial charge >= 0.3 is 0 Å². The van der Waals surface area contributed by atoms with E-state index < -0.39 is 30.0 Å². The Labute approximate surface area is 129 Å². The van der Waals surface area contributed by atoms with Crippen LogP contribution in [0.5, 0.6) is 0 Å². The zero-order chi connectivity index (χ0) is 16.3. The van der Waals surface area contributed by atoms with Crippen molar-refractivity contribution in [1.29, 1.82) is 0 Å². The molecule has 4 atom stereocenters. The van der Waals surface area contributed by atoms with Crippen molar-refractivity contribution in [3.8, 4) is 0 Å². The lowest BCUT2D eigenvalue weighted by molar-refractivity contribution is -0.142. The second kappa shape index (κ2) is 7.06. The molecule has 0 unspecified atom stereocenters. The van der Waals surface area contributed by atoms with E-state index in [-0.39, 0.29) is 11.8 Å². The number of nitrogens with two attached hydrogens (primary N) is 1. The summed E-state index contributed by atoms with van der Waals surface area (Å²) in [6.45, 7) is 3.38. The SMILES string of the molecule is C[C@@H](O)[C@H](NC(=O)[C@H]1CCCN1C(=O)[C@H]1CCNC1)C(N)=O. The van der Waals surface area contributed by atoms with Gasteiger partial charge in [-0.1, -0.05) is 0 Å². The van der Waals surface area contributed by atoms with Crippen molar-refractivity contribution < 1.29 is 19.5 Å². The average molecular weight is 312 g/mol. The van der Waals surface area contributed by atoms with Gasteiger partial charge in [0.15, 0.2) is 0 Å². The third-order valence-corrected chi connectivity index (χ3v) is 4.33. The number of likely N-dealkylation sites (tertiary alicyclic amines) is 1. The van der Waals surface area contributed by atoms with Crippen molar-refractivity contribution in [2.45, 2.75) is 44.4 Å². The van der Waals surface area contributed by atoms with Crippen molar-refractivity contribution in [1.82, 2.24) is 15.5 Å². The van der Waals surface area contributed by atoms with Gasteiger partial charge in [-0.2, -0.15) is 0 Å².